The number of hydrogen-bond acceptors (Lipinski definition) is 6. The normalized spacial score (nSPS) is 15.0. The first kappa shape index (κ1) is 13.4. The van der Waals surface area contributed by atoms with Gasteiger partial charge >= 0.3 is 0 Å². The van der Waals surface area contributed by atoms with Crippen molar-refractivity contribution in [1.82, 2.24) is 20.3 Å². The lowest BCUT2D eigenvalue weighted by molar-refractivity contribution is 0.0995. The fraction of sp³-hybridized carbons (Fsp3) is 0.286. The van der Waals surface area contributed by atoms with Gasteiger partial charge < -0.3 is 16.0 Å². The first-order valence-electron chi connectivity index (χ1n) is 6.79. The fourth-order valence-electron chi connectivity index (χ4n) is 2.21. The molecule has 3 rings (SSSR count). The zero-order valence-electron chi connectivity index (χ0n) is 11.5. The average Bonchev–Trinajstić information content (AvgIpc) is 2.56. The zero-order chi connectivity index (χ0) is 14.7. The molecular weight excluding hydrogens is 268 g/mol. The second-order valence-electron chi connectivity index (χ2n) is 4.78. The minimum atomic E-state index is -0.546. The molecule has 0 atom stereocenters. The van der Waals surface area contributed by atoms with Crippen LogP contribution < -0.4 is 16.0 Å². The first-order valence-corrected chi connectivity index (χ1v) is 6.79. The summed E-state index contributed by atoms with van der Waals surface area (Å²) in [5, 5.41) is 3.29. The second-order valence-corrected chi connectivity index (χ2v) is 4.78. The molecule has 7 heteroatoms. The highest BCUT2D eigenvalue weighted by Gasteiger charge is 2.13. The predicted octanol–water partition coefficient (Wildman–Crippen LogP) is 0.0471. The molecule has 1 aliphatic rings. The van der Waals surface area contributed by atoms with Crippen LogP contribution in [-0.2, 0) is 0 Å². The molecule has 3 N–H and O–H groups in total. The Labute approximate surface area is 122 Å². The number of hydrogen-bond donors (Lipinski definition) is 2. The van der Waals surface area contributed by atoms with Crippen molar-refractivity contribution in [3.63, 3.8) is 0 Å². The summed E-state index contributed by atoms with van der Waals surface area (Å²) in [6.45, 7) is 3.67. The minimum Gasteiger partial charge on any atom is -0.364 e. The Balaban J connectivity index is 1.83. The van der Waals surface area contributed by atoms with Crippen molar-refractivity contribution in [2.45, 2.75) is 0 Å². The van der Waals surface area contributed by atoms with Gasteiger partial charge in [-0.3, -0.25) is 4.79 Å². The average molecular weight is 284 g/mol. The second kappa shape index (κ2) is 5.84. The van der Waals surface area contributed by atoms with Crippen molar-refractivity contribution in [3.8, 4) is 11.3 Å². The van der Waals surface area contributed by atoms with Crippen LogP contribution in [-0.4, -0.2) is 47.0 Å². The molecule has 21 heavy (non-hydrogen) atoms. The highest BCUT2D eigenvalue weighted by molar-refractivity contribution is 5.91. The van der Waals surface area contributed by atoms with Gasteiger partial charge in [0.15, 0.2) is 0 Å². The summed E-state index contributed by atoms with van der Waals surface area (Å²) >= 11 is 0. The number of nitrogens with one attached hydrogen (secondary N) is 1. The maximum atomic E-state index is 11.2. The lowest BCUT2D eigenvalue weighted by Gasteiger charge is -2.27. The van der Waals surface area contributed by atoms with Crippen LogP contribution in [0.2, 0.25) is 0 Å². The smallest absolute Gasteiger partial charge is 0.267 e. The zero-order valence-corrected chi connectivity index (χ0v) is 11.5. The minimum absolute atomic E-state index is 0.235. The fourth-order valence-corrected chi connectivity index (χ4v) is 2.21. The van der Waals surface area contributed by atoms with Gasteiger partial charge in [0.25, 0.3) is 5.91 Å². The van der Waals surface area contributed by atoms with Crippen LogP contribution in [0, 0.1) is 0 Å². The van der Waals surface area contributed by atoms with Crippen molar-refractivity contribution in [2.75, 3.05) is 31.1 Å². The molecule has 2 aromatic rings. The van der Waals surface area contributed by atoms with Gasteiger partial charge in [-0.2, -0.15) is 0 Å². The molecule has 2 aromatic heterocycles. The van der Waals surface area contributed by atoms with Gasteiger partial charge in [0.1, 0.15) is 5.69 Å². The van der Waals surface area contributed by atoms with Crippen LogP contribution in [0.1, 0.15) is 10.5 Å². The van der Waals surface area contributed by atoms with Gasteiger partial charge in [0, 0.05) is 44.1 Å². The van der Waals surface area contributed by atoms with E-state index in [0.29, 0.717) is 11.6 Å². The Morgan fingerprint density at radius 2 is 1.90 bits per heavy atom. The third kappa shape index (κ3) is 2.97. The van der Waals surface area contributed by atoms with Crippen LogP contribution in [0.25, 0.3) is 11.3 Å². The molecule has 1 saturated heterocycles. The molecule has 0 radical (unpaired) electrons. The van der Waals surface area contributed by atoms with Crippen molar-refractivity contribution in [3.05, 3.63) is 36.3 Å². The number of nitrogens with two attached hydrogens (primary N) is 1. The lowest BCUT2D eigenvalue weighted by atomic mass is 10.2. The molecule has 0 aliphatic carbocycles. The number of primary amides is 1. The number of pyridine rings is 1. The number of piperazine rings is 1. The first-order chi connectivity index (χ1) is 10.2. The largest absolute Gasteiger partial charge is 0.364 e. The van der Waals surface area contributed by atoms with E-state index < -0.39 is 5.91 Å². The van der Waals surface area contributed by atoms with Gasteiger partial charge in [0.05, 0.1) is 5.69 Å². The molecule has 3 heterocycles. The lowest BCUT2D eigenvalue weighted by Crippen LogP contribution is -2.44. The van der Waals surface area contributed by atoms with Crippen LogP contribution in [0.5, 0.6) is 0 Å². The van der Waals surface area contributed by atoms with E-state index >= 15 is 0 Å². The molecule has 0 spiro atoms. The number of amides is 1. The van der Waals surface area contributed by atoms with Crippen molar-refractivity contribution in [1.29, 1.82) is 0 Å². The van der Waals surface area contributed by atoms with E-state index in [-0.39, 0.29) is 5.69 Å². The third-order valence-electron chi connectivity index (χ3n) is 3.34. The number of rotatable bonds is 3. The SMILES string of the molecule is NC(=O)c1cccc(-c2cnc(N3CCNCC3)nc2)n1. The summed E-state index contributed by atoms with van der Waals surface area (Å²) in [4.78, 5) is 26.3. The van der Waals surface area contributed by atoms with Gasteiger partial charge in [0.2, 0.25) is 5.95 Å². The highest BCUT2D eigenvalue weighted by Crippen LogP contribution is 2.17. The molecule has 1 aliphatic heterocycles. The van der Waals surface area contributed by atoms with E-state index in [2.05, 4.69) is 25.2 Å². The van der Waals surface area contributed by atoms with Crippen LogP contribution >= 0.6 is 0 Å². The number of aromatic nitrogens is 3. The van der Waals surface area contributed by atoms with Crippen molar-refractivity contribution in [2.24, 2.45) is 5.73 Å². The summed E-state index contributed by atoms with van der Waals surface area (Å²) in [5.74, 6) is 0.168. The molecular formula is C14H16N6O. The molecule has 7 nitrogen and oxygen atoms in total. The van der Waals surface area contributed by atoms with E-state index in [9.17, 15) is 4.79 Å². The molecule has 1 fully saturated rings. The van der Waals surface area contributed by atoms with E-state index in [1.54, 1.807) is 30.6 Å². The van der Waals surface area contributed by atoms with Crippen LogP contribution in [0.4, 0.5) is 5.95 Å². The summed E-state index contributed by atoms with van der Waals surface area (Å²) in [6.07, 6.45) is 3.44. The van der Waals surface area contributed by atoms with Gasteiger partial charge in [-0.1, -0.05) is 6.07 Å². The summed E-state index contributed by atoms with van der Waals surface area (Å²) < 4.78 is 0. The van der Waals surface area contributed by atoms with Crippen molar-refractivity contribution >= 4 is 11.9 Å². The van der Waals surface area contributed by atoms with Crippen LogP contribution in [0.15, 0.2) is 30.6 Å². The maximum Gasteiger partial charge on any atom is 0.267 e. The maximum absolute atomic E-state index is 11.2. The third-order valence-corrected chi connectivity index (χ3v) is 3.34. The van der Waals surface area contributed by atoms with Crippen LogP contribution in [0.3, 0.4) is 0 Å². The summed E-state index contributed by atoms with van der Waals surface area (Å²) in [7, 11) is 0. The number of carbonyl (C=O) groups excluding carboxylic acids is 1. The topological polar surface area (TPSA) is 97.0 Å². The van der Waals surface area contributed by atoms with Gasteiger partial charge in [-0.05, 0) is 12.1 Å². The highest BCUT2D eigenvalue weighted by atomic mass is 16.1. The van der Waals surface area contributed by atoms with E-state index in [1.807, 2.05) is 0 Å². The number of anilines is 1. The predicted molar refractivity (Wildman–Crippen MR) is 78.9 cm³/mol. The molecule has 0 bridgehead atoms. The Morgan fingerprint density at radius 3 is 2.57 bits per heavy atom. The number of nitrogens with zero attached hydrogens (tertiary/aromatic N) is 4. The molecule has 0 saturated carbocycles. The number of carbonyl (C=O) groups is 1. The van der Waals surface area contributed by atoms with Gasteiger partial charge in [-0.25, -0.2) is 15.0 Å². The van der Waals surface area contributed by atoms with E-state index in [0.717, 1.165) is 31.7 Å². The summed E-state index contributed by atoms with van der Waals surface area (Å²) in [5.41, 5.74) is 6.87. The Morgan fingerprint density at radius 1 is 1.19 bits per heavy atom. The molecule has 108 valence electrons. The van der Waals surface area contributed by atoms with E-state index in [1.165, 1.54) is 0 Å². The van der Waals surface area contributed by atoms with Gasteiger partial charge in [-0.15, -0.1) is 0 Å². The van der Waals surface area contributed by atoms with E-state index in [4.69, 9.17) is 5.73 Å². The Kier molecular flexibility index (Phi) is 3.74. The molecule has 1 amide bonds. The summed E-state index contributed by atoms with van der Waals surface area (Å²) in [6, 6.07) is 5.13. The standard InChI is InChI=1S/C14H16N6O/c15-13(21)12-3-1-2-11(19-12)10-8-17-14(18-9-10)20-6-4-16-5-7-20/h1-3,8-9,16H,4-7H2,(H2,15,21). The molecule has 0 unspecified atom stereocenters. The Bertz CT molecular complexity index is 636. The quantitative estimate of drug-likeness (QED) is 0.826. The van der Waals surface area contributed by atoms with Crippen molar-refractivity contribution < 1.29 is 4.79 Å². The monoisotopic (exact) mass is 284 g/mol. The Hall–Kier alpha value is -2.54. The molecule has 0 aromatic carbocycles.